The molecule has 3 rings (SSSR count). The summed E-state index contributed by atoms with van der Waals surface area (Å²) in [5, 5.41) is 0. The summed E-state index contributed by atoms with van der Waals surface area (Å²) in [5.74, 6) is 0.0422. The van der Waals surface area contributed by atoms with E-state index >= 15 is 0 Å². The number of ether oxygens (including phenoxy) is 1. The minimum Gasteiger partial charge on any atom is -0.449 e. The summed E-state index contributed by atoms with van der Waals surface area (Å²) in [4.78, 5) is 42.8. The molecular formula is C22H31N3O4. The number of hydrogen-bond donors (Lipinski definition) is 0. The molecule has 7 nitrogen and oxygen atoms in total. The molecule has 2 aliphatic rings. The molecule has 0 bridgehead atoms. The summed E-state index contributed by atoms with van der Waals surface area (Å²) in [5.41, 5.74) is 1.07. The summed E-state index contributed by atoms with van der Waals surface area (Å²) < 4.78 is 5.31. The molecule has 0 radical (unpaired) electrons. The molecular weight excluding hydrogens is 370 g/mol. The van der Waals surface area contributed by atoms with Gasteiger partial charge in [-0.05, 0) is 17.9 Å². The molecule has 1 atom stereocenters. The first-order valence-electron chi connectivity index (χ1n) is 10.5. The fourth-order valence-corrected chi connectivity index (χ4v) is 3.80. The fraction of sp³-hybridized carbons (Fsp3) is 0.591. The van der Waals surface area contributed by atoms with E-state index in [1.807, 2.05) is 44.2 Å². The minimum absolute atomic E-state index is 0.0197. The SMILES string of the molecule is CC(C)COC(=O)N1CCCN(C(=O)C2CC(=O)N(Cc3ccccc3)C2)CC1. The normalized spacial score (nSPS) is 20.2. The molecule has 29 heavy (non-hydrogen) atoms. The van der Waals surface area contributed by atoms with Crippen molar-refractivity contribution in [3.8, 4) is 0 Å². The molecule has 2 heterocycles. The van der Waals surface area contributed by atoms with Crippen molar-refractivity contribution in [2.45, 2.75) is 33.2 Å². The second-order valence-corrected chi connectivity index (χ2v) is 8.30. The van der Waals surface area contributed by atoms with Gasteiger partial charge in [-0.2, -0.15) is 0 Å². The molecule has 1 aromatic rings. The maximum absolute atomic E-state index is 13.0. The van der Waals surface area contributed by atoms with Crippen LogP contribution in [0.1, 0.15) is 32.3 Å². The first-order valence-corrected chi connectivity index (χ1v) is 10.5. The molecule has 0 N–H and O–H groups in total. The van der Waals surface area contributed by atoms with Gasteiger partial charge in [0.1, 0.15) is 0 Å². The van der Waals surface area contributed by atoms with Crippen LogP contribution in [0.5, 0.6) is 0 Å². The van der Waals surface area contributed by atoms with E-state index in [0.717, 1.165) is 12.0 Å². The summed E-state index contributed by atoms with van der Waals surface area (Å²) in [6, 6.07) is 9.83. The van der Waals surface area contributed by atoms with E-state index in [0.29, 0.717) is 51.8 Å². The van der Waals surface area contributed by atoms with E-state index in [9.17, 15) is 14.4 Å². The van der Waals surface area contributed by atoms with Crippen LogP contribution in [0.4, 0.5) is 4.79 Å². The van der Waals surface area contributed by atoms with Gasteiger partial charge in [-0.15, -0.1) is 0 Å². The number of rotatable bonds is 5. The van der Waals surface area contributed by atoms with E-state index in [1.54, 1.807) is 14.7 Å². The highest BCUT2D eigenvalue weighted by atomic mass is 16.6. The average molecular weight is 402 g/mol. The highest BCUT2D eigenvalue weighted by Gasteiger charge is 2.37. The van der Waals surface area contributed by atoms with Crippen LogP contribution in [0.25, 0.3) is 0 Å². The molecule has 1 aromatic carbocycles. The minimum atomic E-state index is -0.307. The number of carbonyl (C=O) groups excluding carboxylic acids is 3. The summed E-state index contributed by atoms with van der Waals surface area (Å²) >= 11 is 0. The zero-order valence-corrected chi connectivity index (χ0v) is 17.4. The number of benzene rings is 1. The Kier molecular flexibility index (Phi) is 7.12. The van der Waals surface area contributed by atoms with E-state index in [-0.39, 0.29) is 30.2 Å². The molecule has 2 fully saturated rings. The highest BCUT2D eigenvalue weighted by Crippen LogP contribution is 2.23. The Labute approximate surface area is 172 Å². The Morgan fingerprint density at radius 3 is 2.48 bits per heavy atom. The molecule has 0 aromatic heterocycles. The van der Waals surface area contributed by atoms with E-state index in [2.05, 4.69) is 0 Å². The molecule has 3 amide bonds. The first-order chi connectivity index (χ1) is 13.9. The van der Waals surface area contributed by atoms with E-state index < -0.39 is 0 Å². The second kappa shape index (κ2) is 9.76. The fourth-order valence-electron chi connectivity index (χ4n) is 3.80. The van der Waals surface area contributed by atoms with Crippen molar-refractivity contribution >= 4 is 17.9 Å². The molecule has 2 saturated heterocycles. The number of carbonyl (C=O) groups is 3. The largest absolute Gasteiger partial charge is 0.449 e. The van der Waals surface area contributed by atoms with Gasteiger partial charge in [-0.25, -0.2) is 4.79 Å². The Morgan fingerprint density at radius 2 is 1.76 bits per heavy atom. The third-order valence-corrected chi connectivity index (χ3v) is 5.39. The smallest absolute Gasteiger partial charge is 0.409 e. The van der Waals surface area contributed by atoms with Crippen LogP contribution in [0.15, 0.2) is 30.3 Å². The quantitative estimate of drug-likeness (QED) is 0.760. The van der Waals surface area contributed by atoms with Gasteiger partial charge in [-0.3, -0.25) is 9.59 Å². The lowest BCUT2D eigenvalue weighted by atomic mass is 10.1. The number of likely N-dealkylation sites (tertiary alicyclic amines) is 1. The Balaban J connectivity index is 1.51. The number of hydrogen-bond acceptors (Lipinski definition) is 4. The maximum atomic E-state index is 13.0. The van der Waals surface area contributed by atoms with Crippen LogP contribution < -0.4 is 0 Å². The molecule has 1 unspecified atom stereocenters. The molecule has 0 aliphatic carbocycles. The van der Waals surface area contributed by atoms with Crippen molar-refractivity contribution in [2.24, 2.45) is 11.8 Å². The molecule has 158 valence electrons. The van der Waals surface area contributed by atoms with Crippen molar-refractivity contribution in [1.82, 2.24) is 14.7 Å². The van der Waals surface area contributed by atoms with Crippen molar-refractivity contribution in [3.05, 3.63) is 35.9 Å². The van der Waals surface area contributed by atoms with Gasteiger partial charge in [0.25, 0.3) is 0 Å². The van der Waals surface area contributed by atoms with E-state index in [1.165, 1.54) is 0 Å². The van der Waals surface area contributed by atoms with Gasteiger partial charge in [0, 0.05) is 45.7 Å². The Hall–Kier alpha value is -2.57. The summed E-state index contributed by atoms with van der Waals surface area (Å²) in [7, 11) is 0. The lowest BCUT2D eigenvalue weighted by Gasteiger charge is -2.24. The topological polar surface area (TPSA) is 70.2 Å². The standard InChI is InChI=1S/C22H31N3O4/c1-17(2)16-29-22(28)24-10-6-9-23(11-12-24)21(27)19-13-20(26)25(15-19)14-18-7-4-3-5-8-18/h3-5,7-8,17,19H,6,9-16H2,1-2H3. The van der Waals surface area contributed by atoms with Crippen LogP contribution in [0.3, 0.4) is 0 Å². The van der Waals surface area contributed by atoms with Gasteiger partial charge >= 0.3 is 6.09 Å². The highest BCUT2D eigenvalue weighted by molar-refractivity contribution is 5.89. The van der Waals surface area contributed by atoms with E-state index in [4.69, 9.17) is 4.74 Å². The lowest BCUT2D eigenvalue weighted by Crippen LogP contribution is -2.41. The zero-order chi connectivity index (χ0) is 20.8. The second-order valence-electron chi connectivity index (χ2n) is 8.30. The van der Waals surface area contributed by atoms with Crippen molar-refractivity contribution in [3.63, 3.8) is 0 Å². The maximum Gasteiger partial charge on any atom is 0.409 e. The van der Waals surface area contributed by atoms with Crippen LogP contribution >= 0.6 is 0 Å². The van der Waals surface area contributed by atoms with Crippen LogP contribution in [0, 0.1) is 11.8 Å². The van der Waals surface area contributed by atoms with Crippen LogP contribution in [0.2, 0.25) is 0 Å². The zero-order valence-electron chi connectivity index (χ0n) is 17.4. The van der Waals surface area contributed by atoms with Gasteiger partial charge in [0.05, 0.1) is 12.5 Å². The summed E-state index contributed by atoms with van der Waals surface area (Å²) in [6.45, 7) is 7.55. The van der Waals surface area contributed by atoms with Gasteiger partial charge in [-0.1, -0.05) is 44.2 Å². The predicted molar refractivity (Wildman–Crippen MR) is 109 cm³/mol. The Morgan fingerprint density at radius 1 is 1.07 bits per heavy atom. The molecule has 0 spiro atoms. The molecule has 7 heteroatoms. The molecule has 0 saturated carbocycles. The third kappa shape index (κ3) is 5.71. The van der Waals surface area contributed by atoms with Crippen molar-refractivity contribution < 1.29 is 19.1 Å². The Bertz CT molecular complexity index is 722. The first kappa shape index (κ1) is 21.1. The predicted octanol–water partition coefficient (Wildman–Crippen LogP) is 2.36. The van der Waals surface area contributed by atoms with Gasteiger partial charge in [0.15, 0.2) is 0 Å². The van der Waals surface area contributed by atoms with Crippen molar-refractivity contribution in [1.29, 1.82) is 0 Å². The van der Waals surface area contributed by atoms with Gasteiger partial charge < -0.3 is 19.4 Å². The monoisotopic (exact) mass is 401 g/mol. The summed E-state index contributed by atoms with van der Waals surface area (Å²) in [6.07, 6.45) is 0.678. The van der Waals surface area contributed by atoms with Crippen LogP contribution in [-0.4, -0.2) is 71.9 Å². The lowest BCUT2D eigenvalue weighted by molar-refractivity contribution is -0.135. The third-order valence-electron chi connectivity index (χ3n) is 5.39. The van der Waals surface area contributed by atoms with Crippen molar-refractivity contribution in [2.75, 3.05) is 39.3 Å². The number of nitrogens with zero attached hydrogens (tertiary/aromatic N) is 3. The number of amides is 3. The average Bonchev–Trinajstić information content (AvgIpc) is 2.92. The van der Waals surface area contributed by atoms with Crippen LogP contribution in [-0.2, 0) is 20.9 Å². The van der Waals surface area contributed by atoms with Gasteiger partial charge in [0.2, 0.25) is 11.8 Å². The molecule has 2 aliphatic heterocycles.